The van der Waals surface area contributed by atoms with Crippen LogP contribution in [0.15, 0.2) is 0 Å². The fraction of sp³-hybridized carbons (Fsp3) is 0.908. The second-order valence-corrected chi connectivity index (χ2v) is 25.7. The number of Topliss-reactive ketones (excluding diaryl/α,β-unsaturated/α-hetero) is 4. The van der Waals surface area contributed by atoms with Gasteiger partial charge in [-0.05, 0) is 83.5 Å². The average Bonchev–Trinajstić information content (AvgIpc) is 3.38. The molecule has 24 nitrogen and oxygen atoms in total. The van der Waals surface area contributed by atoms with Gasteiger partial charge in [0.1, 0.15) is 35.3 Å². The van der Waals surface area contributed by atoms with Crippen LogP contribution in [0.3, 0.4) is 0 Å². The number of rotatable bonds is 52. The lowest BCUT2D eigenvalue weighted by molar-refractivity contribution is -0.282. The molecule has 0 aromatic rings. The second kappa shape index (κ2) is 46.1. The van der Waals surface area contributed by atoms with Crippen molar-refractivity contribution in [1.82, 2.24) is 10.6 Å². The van der Waals surface area contributed by atoms with E-state index in [9.17, 15) is 74.7 Å². The van der Waals surface area contributed by atoms with Gasteiger partial charge in [-0.15, -0.1) is 0 Å². The van der Waals surface area contributed by atoms with Gasteiger partial charge in [0.25, 0.3) is 0 Å². The van der Waals surface area contributed by atoms with Crippen molar-refractivity contribution in [2.75, 3.05) is 92.4 Å². The number of hydrogen-bond acceptors (Lipinski definition) is 22. The number of ether oxygens (including phenoxy) is 7. The zero-order valence-electron chi connectivity index (χ0n) is 54.1. The normalized spacial score (nSPS) is 27.9. The minimum Gasteiger partial charge on any atom is -0.396 e. The summed E-state index contributed by atoms with van der Waals surface area (Å²) in [6.07, 6.45) is 4.34. The van der Waals surface area contributed by atoms with Gasteiger partial charge in [0.05, 0.1) is 89.0 Å². The first-order chi connectivity index (χ1) is 42.6. The summed E-state index contributed by atoms with van der Waals surface area (Å²) in [6.45, 7) is 9.29. The van der Waals surface area contributed by atoms with Crippen LogP contribution in [0, 0.1) is 35.0 Å². The van der Waals surface area contributed by atoms with E-state index in [1.807, 2.05) is 20.8 Å². The lowest BCUT2D eigenvalue weighted by atomic mass is 9.77. The summed E-state index contributed by atoms with van der Waals surface area (Å²) in [5.74, 6) is -1.80. The summed E-state index contributed by atoms with van der Waals surface area (Å²) in [5.41, 5.74) is -0.675. The highest BCUT2D eigenvalue weighted by atomic mass is 16.7. The third-order valence-corrected chi connectivity index (χ3v) is 17.8. The highest BCUT2D eigenvalue weighted by molar-refractivity contribution is 5.80. The van der Waals surface area contributed by atoms with Gasteiger partial charge < -0.3 is 89.8 Å². The Kier molecular flexibility index (Phi) is 41.6. The van der Waals surface area contributed by atoms with Crippen LogP contribution >= 0.6 is 0 Å². The molecule has 2 aliphatic carbocycles. The molecule has 0 aromatic heterocycles. The van der Waals surface area contributed by atoms with Crippen LogP contribution in [0.4, 0.5) is 0 Å². The topological polar surface area (TPSA) is 373 Å². The molecule has 1 saturated heterocycles. The van der Waals surface area contributed by atoms with Crippen molar-refractivity contribution in [3.8, 4) is 0 Å². The van der Waals surface area contributed by atoms with E-state index in [1.165, 1.54) is 0 Å². The summed E-state index contributed by atoms with van der Waals surface area (Å²) in [4.78, 5) is 75.6. The number of unbranched alkanes of at least 4 members (excludes halogenated alkanes) is 7. The number of amides is 2. The van der Waals surface area contributed by atoms with E-state index in [1.54, 1.807) is 6.92 Å². The summed E-state index contributed by atoms with van der Waals surface area (Å²) in [7, 11) is 0. The molecule has 0 radical (unpaired) electrons. The molecule has 0 bridgehead atoms. The van der Waals surface area contributed by atoms with E-state index < -0.39 is 78.8 Å². The Hall–Kier alpha value is -3.02. The maximum absolute atomic E-state index is 12.8. The molecular formula is C65H116N2O22. The Morgan fingerprint density at radius 3 is 1.18 bits per heavy atom. The fourth-order valence-electron chi connectivity index (χ4n) is 11.5. The smallest absolute Gasteiger partial charge is 0.222 e. The van der Waals surface area contributed by atoms with Crippen LogP contribution in [-0.4, -0.2) is 235 Å². The summed E-state index contributed by atoms with van der Waals surface area (Å²) >= 11 is 0. The van der Waals surface area contributed by atoms with Gasteiger partial charge in [0.15, 0.2) is 6.29 Å². The zero-order chi connectivity index (χ0) is 65.6. The molecule has 24 heteroatoms. The van der Waals surface area contributed by atoms with Crippen molar-refractivity contribution in [2.45, 2.75) is 249 Å². The van der Waals surface area contributed by atoms with Crippen LogP contribution < -0.4 is 10.6 Å². The Morgan fingerprint density at radius 2 is 0.764 bits per heavy atom. The number of aliphatic hydroxyl groups excluding tert-OH is 9. The van der Waals surface area contributed by atoms with Crippen LogP contribution in [0.25, 0.3) is 0 Å². The first-order valence-electron chi connectivity index (χ1n) is 33.4. The molecule has 518 valence electrons. The maximum Gasteiger partial charge on any atom is 0.222 e. The third kappa shape index (κ3) is 32.1. The Morgan fingerprint density at radius 1 is 0.404 bits per heavy atom. The molecule has 11 N–H and O–H groups in total. The first kappa shape index (κ1) is 80.2. The molecule has 3 fully saturated rings. The van der Waals surface area contributed by atoms with E-state index in [0.29, 0.717) is 161 Å². The number of ketones is 4. The summed E-state index contributed by atoms with van der Waals surface area (Å²) in [6, 6.07) is 0. The third-order valence-electron chi connectivity index (χ3n) is 17.8. The molecule has 16 atom stereocenters. The van der Waals surface area contributed by atoms with Crippen molar-refractivity contribution in [1.29, 1.82) is 0 Å². The van der Waals surface area contributed by atoms with Crippen molar-refractivity contribution in [3.63, 3.8) is 0 Å². The van der Waals surface area contributed by atoms with Gasteiger partial charge >= 0.3 is 0 Å². The molecule has 2 saturated carbocycles. The first-order valence-corrected chi connectivity index (χ1v) is 33.4. The summed E-state index contributed by atoms with van der Waals surface area (Å²) in [5, 5.41) is 95.3. The van der Waals surface area contributed by atoms with Crippen molar-refractivity contribution >= 4 is 34.9 Å². The number of hydrogen-bond donors (Lipinski definition) is 11. The Balaban J connectivity index is 1.29. The minimum absolute atomic E-state index is 0.0475. The predicted molar refractivity (Wildman–Crippen MR) is 328 cm³/mol. The molecule has 16 unspecified atom stereocenters. The van der Waals surface area contributed by atoms with E-state index >= 15 is 0 Å². The fourth-order valence-corrected chi connectivity index (χ4v) is 11.5. The monoisotopic (exact) mass is 1280 g/mol. The highest BCUT2D eigenvalue weighted by Gasteiger charge is 2.44. The number of nitrogens with one attached hydrogen (secondary N) is 2. The lowest BCUT2D eigenvalue weighted by Gasteiger charge is -2.40. The largest absolute Gasteiger partial charge is 0.396 e. The van der Waals surface area contributed by atoms with Gasteiger partial charge in [0, 0.05) is 145 Å². The van der Waals surface area contributed by atoms with E-state index in [-0.39, 0.29) is 131 Å². The van der Waals surface area contributed by atoms with E-state index in [4.69, 9.17) is 33.2 Å². The molecule has 1 aliphatic heterocycles. The Labute approximate surface area is 528 Å². The molecule has 0 spiro atoms. The van der Waals surface area contributed by atoms with Gasteiger partial charge in [0.2, 0.25) is 11.8 Å². The molecule has 1 heterocycles. The summed E-state index contributed by atoms with van der Waals surface area (Å²) < 4.78 is 41.2. The van der Waals surface area contributed by atoms with E-state index in [0.717, 1.165) is 12.8 Å². The van der Waals surface area contributed by atoms with Crippen molar-refractivity contribution in [2.24, 2.45) is 35.0 Å². The van der Waals surface area contributed by atoms with E-state index in [2.05, 4.69) is 10.6 Å². The minimum atomic E-state index is -1.19. The zero-order valence-corrected chi connectivity index (χ0v) is 54.1. The number of carbonyl (C=O) groups excluding carboxylic acids is 6. The quantitative estimate of drug-likeness (QED) is 0.0390. The second-order valence-electron chi connectivity index (χ2n) is 25.7. The van der Waals surface area contributed by atoms with Crippen LogP contribution in [-0.2, 0) is 61.9 Å². The molecule has 3 rings (SSSR count). The molecule has 3 aliphatic rings. The molecular weight excluding hydrogens is 1160 g/mol. The van der Waals surface area contributed by atoms with Gasteiger partial charge in [-0.25, -0.2) is 0 Å². The standard InChI is InChI=1S/C65H116N2O22/c1-44-53(36-47(38-68)61(80)58(44)77)86-30-14-11-22-49(71)18-7-5-9-20-51(73)25-33-83-41-65(4,42-84-34-26-52(74)21-10-6-8-19-50(72)23-12-15-32-88-64-46(3)60(79)63(82)55(40-70)89-64)43-85-35-27-57(76)67-29-17-28-66-56(75)24-13-16-31-87-54-37-48(39-69)62(81)59(78)45(54)2/h44-48,53-55,58-64,68-70,77-82H,5-43H2,1-4H3,(H,66,75)(H,67,76). The van der Waals surface area contributed by atoms with Gasteiger partial charge in [-0.1, -0.05) is 40.5 Å². The van der Waals surface area contributed by atoms with Crippen LogP contribution in [0.2, 0.25) is 0 Å². The lowest BCUT2D eigenvalue weighted by Crippen LogP contribution is -2.55. The Bertz CT molecular complexity index is 1750. The highest BCUT2D eigenvalue weighted by Crippen LogP contribution is 2.34. The van der Waals surface area contributed by atoms with Crippen LogP contribution in [0.5, 0.6) is 0 Å². The van der Waals surface area contributed by atoms with Crippen molar-refractivity contribution in [3.05, 3.63) is 0 Å². The number of carbonyl (C=O) groups is 6. The molecule has 2 amide bonds. The molecule has 0 aromatic carbocycles. The average molecular weight is 1280 g/mol. The SMILES string of the molecule is CC1C(OCCCCC(=O)CCCCCC(=O)CCOCC(C)(COCCC(=O)CCCCCC(=O)CCCCOC2OC(CO)C(O)C(O)C2C)COCCC(=O)NCCCNC(=O)CCCCOC2CC(CO)C(O)C(O)C2C)CC(CO)C(O)C1O. The number of aliphatic hydroxyl groups is 9. The van der Waals surface area contributed by atoms with Crippen molar-refractivity contribution < 1.29 is 108 Å². The molecule has 89 heavy (non-hydrogen) atoms. The van der Waals surface area contributed by atoms with Gasteiger partial charge in [-0.3, -0.25) is 28.8 Å². The predicted octanol–water partition coefficient (Wildman–Crippen LogP) is 3.13. The van der Waals surface area contributed by atoms with Gasteiger partial charge in [-0.2, -0.15) is 0 Å². The maximum atomic E-state index is 12.8. The van der Waals surface area contributed by atoms with Crippen LogP contribution in [0.1, 0.15) is 188 Å².